The maximum absolute atomic E-state index is 10.3. The van der Waals surface area contributed by atoms with E-state index in [1.807, 2.05) is 0 Å². The fraction of sp³-hybridized carbons (Fsp3) is 0.900. The minimum Gasteiger partial charge on any atom is -0.461 e. The van der Waals surface area contributed by atoms with Gasteiger partial charge in [0.25, 0.3) is 0 Å². The Bertz CT molecular complexity index is 225. The van der Waals surface area contributed by atoms with Gasteiger partial charge < -0.3 is 14.6 Å². The average molecular weight is 271 g/mol. The zero-order chi connectivity index (χ0) is 12.0. The van der Waals surface area contributed by atoms with E-state index in [-0.39, 0.29) is 18.2 Å². The maximum atomic E-state index is 10.3. The van der Waals surface area contributed by atoms with Gasteiger partial charge in [-0.2, -0.15) is 0 Å². The first-order valence-electron chi connectivity index (χ1n) is 5.30. The molecule has 3 atom stereocenters. The minimum atomic E-state index is -0.557. The van der Waals surface area contributed by atoms with Crippen molar-refractivity contribution in [1.29, 1.82) is 0 Å². The Kier molecular flexibility index (Phi) is 6.43. The van der Waals surface area contributed by atoms with Gasteiger partial charge in [0.05, 0.1) is 12.0 Å². The summed E-state index contributed by atoms with van der Waals surface area (Å²) in [7, 11) is 0. The van der Waals surface area contributed by atoms with E-state index in [4.69, 9.17) is 37.8 Å². The summed E-state index contributed by atoms with van der Waals surface area (Å²) in [4.78, 5) is 10.3. The molecule has 0 amide bonds. The van der Waals surface area contributed by atoms with Gasteiger partial charge in [-0.3, -0.25) is 4.79 Å². The molecular weight excluding hydrogens is 255 g/mol. The number of hydrogen-bond donors (Lipinski definition) is 1. The molecule has 6 heteroatoms. The molecule has 0 aliphatic carbocycles. The van der Waals surface area contributed by atoms with Crippen molar-refractivity contribution < 1.29 is 19.4 Å². The normalized spacial score (nSPS) is 33.2. The number of carbonyl (C=O) groups is 1. The molecule has 0 aromatic rings. The molecule has 0 aromatic carbocycles. The largest absolute Gasteiger partial charge is 0.461 e. The van der Waals surface area contributed by atoms with E-state index in [2.05, 4.69) is 0 Å². The number of esters is 1. The topological polar surface area (TPSA) is 55.8 Å². The second-order valence-electron chi connectivity index (χ2n) is 3.75. The first kappa shape index (κ1) is 14.0. The van der Waals surface area contributed by atoms with Gasteiger partial charge >= 0.3 is 5.97 Å². The zero-order valence-corrected chi connectivity index (χ0v) is 10.4. The Morgan fingerprint density at radius 3 is 2.12 bits per heavy atom. The van der Waals surface area contributed by atoms with Crippen molar-refractivity contribution in [3.8, 4) is 0 Å². The highest BCUT2D eigenvalue weighted by atomic mass is 35.5. The molecule has 2 heterocycles. The van der Waals surface area contributed by atoms with Gasteiger partial charge in [-0.15, -0.1) is 23.2 Å². The predicted molar refractivity (Wildman–Crippen MR) is 60.7 cm³/mol. The molecule has 4 nitrogen and oxygen atoms in total. The molecule has 94 valence electrons. The zero-order valence-electron chi connectivity index (χ0n) is 8.90. The van der Waals surface area contributed by atoms with Gasteiger partial charge in [0.2, 0.25) is 0 Å². The van der Waals surface area contributed by atoms with E-state index in [9.17, 15) is 4.79 Å². The summed E-state index contributed by atoms with van der Waals surface area (Å²) in [5.41, 5.74) is 0. The van der Waals surface area contributed by atoms with Gasteiger partial charge in [-0.1, -0.05) is 0 Å². The number of ether oxygens (including phenoxy) is 2. The minimum absolute atomic E-state index is 0.0100. The first-order chi connectivity index (χ1) is 7.65. The molecule has 0 aromatic heterocycles. The third kappa shape index (κ3) is 4.87. The van der Waals surface area contributed by atoms with Crippen molar-refractivity contribution in [2.24, 2.45) is 0 Å². The molecule has 1 N–H and O–H groups in total. The summed E-state index contributed by atoms with van der Waals surface area (Å²) in [5, 5.41) is 8.75. The number of halogens is 2. The molecule has 0 spiro atoms. The Hall–Kier alpha value is -0.0300. The highest BCUT2D eigenvalue weighted by molar-refractivity contribution is 6.18. The highest BCUT2D eigenvalue weighted by Gasteiger charge is 2.22. The summed E-state index contributed by atoms with van der Waals surface area (Å²) < 4.78 is 9.67. The van der Waals surface area contributed by atoms with Crippen LogP contribution in [0.1, 0.15) is 25.7 Å². The lowest BCUT2D eigenvalue weighted by molar-refractivity contribution is -0.140. The van der Waals surface area contributed by atoms with Crippen LogP contribution in [0.25, 0.3) is 0 Å². The fourth-order valence-corrected chi connectivity index (χ4v) is 1.94. The fourth-order valence-electron chi connectivity index (χ4n) is 1.49. The number of rotatable bonds is 2. The monoisotopic (exact) mass is 270 g/mol. The van der Waals surface area contributed by atoms with Gasteiger partial charge in [-0.05, 0) is 12.8 Å². The average Bonchev–Trinajstić information content (AvgIpc) is 2.88. The first-order valence-corrected chi connectivity index (χ1v) is 6.37. The van der Waals surface area contributed by atoms with Crippen molar-refractivity contribution in [3.05, 3.63) is 0 Å². The lowest BCUT2D eigenvalue weighted by Gasteiger charge is -2.03. The summed E-state index contributed by atoms with van der Waals surface area (Å²) in [6.45, 7) is 0. The van der Waals surface area contributed by atoms with Crippen LogP contribution in [0, 0.1) is 0 Å². The van der Waals surface area contributed by atoms with Crippen molar-refractivity contribution in [3.63, 3.8) is 0 Å². The number of aliphatic hydroxyl groups is 1. The molecule has 2 saturated heterocycles. The van der Waals surface area contributed by atoms with Gasteiger partial charge in [0.15, 0.2) is 6.29 Å². The number of alkyl halides is 2. The Balaban J connectivity index is 0.000000160. The van der Waals surface area contributed by atoms with Gasteiger partial charge in [-0.25, -0.2) is 0 Å². The van der Waals surface area contributed by atoms with Crippen LogP contribution in [0.4, 0.5) is 0 Å². The van der Waals surface area contributed by atoms with Crippen molar-refractivity contribution >= 4 is 29.2 Å². The summed E-state index contributed by atoms with van der Waals surface area (Å²) >= 11 is 10.8. The molecule has 2 aliphatic heterocycles. The van der Waals surface area contributed by atoms with Crippen LogP contribution in [0.3, 0.4) is 0 Å². The summed E-state index contributed by atoms with van der Waals surface area (Å²) in [6.07, 6.45) is 2.48. The molecule has 2 rings (SSSR count). The van der Waals surface area contributed by atoms with Crippen LogP contribution >= 0.6 is 23.2 Å². The number of cyclic esters (lactones) is 1. The summed E-state index contributed by atoms with van der Waals surface area (Å²) in [6, 6.07) is 0. The predicted octanol–water partition coefficient (Wildman–Crippen LogP) is 1.65. The SMILES string of the molecule is O=C1CC[C@H](CCl)O1.OC1CC[C@H](CCl)O1. The van der Waals surface area contributed by atoms with E-state index >= 15 is 0 Å². The highest BCUT2D eigenvalue weighted by Crippen LogP contribution is 2.17. The van der Waals surface area contributed by atoms with Crippen molar-refractivity contribution in [2.75, 3.05) is 11.8 Å². The second kappa shape index (κ2) is 7.33. The lowest BCUT2D eigenvalue weighted by atomic mass is 10.3. The molecular formula is C10H16Cl2O4. The smallest absolute Gasteiger partial charge is 0.306 e. The second-order valence-corrected chi connectivity index (χ2v) is 4.37. The van der Waals surface area contributed by atoms with Crippen molar-refractivity contribution in [1.82, 2.24) is 0 Å². The molecule has 1 unspecified atom stereocenters. The Morgan fingerprint density at radius 1 is 1.19 bits per heavy atom. The lowest BCUT2D eigenvalue weighted by Crippen LogP contribution is -2.10. The third-order valence-electron chi connectivity index (χ3n) is 2.40. The van der Waals surface area contributed by atoms with E-state index in [1.54, 1.807) is 0 Å². The number of carbonyl (C=O) groups excluding carboxylic acids is 1. The molecule has 2 fully saturated rings. The van der Waals surface area contributed by atoms with E-state index in [1.165, 1.54) is 0 Å². The number of hydrogen-bond acceptors (Lipinski definition) is 4. The third-order valence-corrected chi connectivity index (χ3v) is 3.09. The van der Waals surface area contributed by atoms with Gasteiger partial charge in [0.1, 0.15) is 6.10 Å². The Morgan fingerprint density at radius 2 is 1.88 bits per heavy atom. The molecule has 2 aliphatic rings. The Labute approximate surface area is 105 Å². The van der Waals surface area contributed by atoms with Crippen LogP contribution in [-0.4, -0.2) is 41.3 Å². The molecule has 0 saturated carbocycles. The van der Waals surface area contributed by atoms with Crippen molar-refractivity contribution in [2.45, 2.75) is 44.2 Å². The molecule has 16 heavy (non-hydrogen) atoms. The van der Waals surface area contributed by atoms with Crippen LogP contribution in [0.2, 0.25) is 0 Å². The van der Waals surface area contributed by atoms with Gasteiger partial charge in [0, 0.05) is 18.7 Å². The maximum Gasteiger partial charge on any atom is 0.306 e. The van der Waals surface area contributed by atoms with Crippen LogP contribution in [0.15, 0.2) is 0 Å². The molecule has 0 bridgehead atoms. The molecule has 0 radical (unpaired) electrons. The van der Waals surface area contributed by atoms with E-state index in [0.717, 1.165) is 19.3 Å². The van der Waals surface area contributed by atoms with Crippen LogP contribution < -0.4 is 0 Å². The van der Waals surface area contributed by atoms with E-state index in [0.29, 0.717) is 18.2 Å². The standard InChI is InChI=1S/C5H9ClO2.C5H7ClO2/c2*6-3-4-1-2-5(7)8-4/h4-5,7H,1-3H2;4H,1-3H2/t4-,5?;4-/m11/s1. The van der Waals surface area contributed by atoms with E-state index < -0.39 is 6.29 Å². The quantitative estimate of drug-likeness (QED) is 0.613. The number of aliphatic hydroxyl groups excluding tert-OH is 1. The van der Waals surface area contributed by atoms with Crippen LogP contribution in [0.5, 0.6) is 0 Å². The van der Waals surface area contributed by atoms with Crippen LogP contribution in [-0.2, 0) is 14.3 Å². The summed E-state index contributed by atoms with van der Waals surface area (Å²) in [5.74, 6) is 0.818.